The summed E-state index contributed by atoms with van der Waals surface area (Å²) in [4.78, 5) is 0. The van der Waals surface area contributed by atoms with E-state index in [-0.39, 0.29) is 41.2 Å². The summed E-state index contributed by atoms with van der Waals surface area (Å²) < 4.78 is 6.66. The van der Waals surface area contributed by atoms with E-state index in [0.717, 1.165) is 83.5 Å². The zero-order valence-electron chi connectivity index (χ0n) is 25.9. The maximum absolute atomic E-state index is 11.2. The smallest absolute Gasteiger partial charge is 0.0930 e. The van der Waals surface area contributed by atoms with Crippen LogP contribution in [0.3, 0.4) is 0 Å². The van der Waals surface area contributed by atoms with Gasteiger partial charge in [0.2, 0.25) is 0 Å². The first-order valence-electron chi connectivity index (χ1n) is 17.1. The first-order valence-corrected chi connectivity index (χ1v) is 17.1. The van der Waals surface area contributed by atoms with Crippen molar-refractivity contribution in [3.8, 4) is 0 Å². The van der Waals surface area contributed by atoms with Gasteiger partial charge < -0.3 is 30.3 Å². The van der Waals surface area contributed by atoms with Gasteiger partial charge in [-0.2, -0.15) is 0 Å². The molecule has 0 unspecified atom stereocenters. The van der Waals surface area contributed by atoms with Gasteiger partial charge in [0.05, 0.1) is 42.2 Å². The summed E-state index contributed by atoms with van der Waals surface area (Å²) in [6, 6.07) is 0. The molecule has 6 rings (SSSR count). The van der Waals surface area contributed by atoms with Gasteiger partial charge in [0.1, 0.15) is 0 Å². The van der Waals surface area contributed by atoms with E-state index in [1.165, 1.54) is 18.4 Å². The Kier molecular flexibility index (Phi) is 8.29. The first kappa shape index (κ1) is 30.5. The highest BCUT2D eigenvalue weighted by Gasteiger charge is 2.67. The second-order valence-electron chi connectivity index (χ2n) is 16.4. The topological polar surface area (TPSA) is 114 Å². The van der Waals surface area contributed by atoms with Crippen molar-refractivity contribution < 1.29 is 30.3 Å². The average molecular weight is 575 g/mol. The number of aliphatic hydroxyl groups excluding tert-OH is 4. The summed E-state index contributed by atoms with van der Waals surface area (Å²) in [7, 11) is 0. The van der Waals surface area contributed by atoms with Gasteiger partial charge in [0.25, 0.3) is 0 Å². The third kappa shape index (κ3) is 5.61. The molecule has 6 fully saturated rings. The number of hydrogen-bond donors (Lipinski definition) is 5. The second kappa shape index (κ2) is 11.1. The second-order valence-corrected chi connectivity index (χ2v) is 16.4. The molecule has 0 aromatic heterocycles. The van der Waals surface area contributed by atoms with Crippen molar-refractivity contribution >= 4 is 0 Å². The third-order valence-corrected chi connectivity index (χ3v) is 13.7. The highest BCUT2D eigenvalue weighted by atomic mass is 16.6. The summed E-state index contributed by atoms with van der Waals surface area (Å²) in [6.45, 7) is 6.64. The van der Waals surface area contributed by atoms with Crippen LogP contribution in [0.1, 0.15) is 124 Å². The minimum Gasteiger partial charge on any atom is -0.393 e. The SMILES string of the molecule is C[C@H](O)[C@H](O)[C@H]1CC[C@@H]([C@@]2(C)C[C@@H]3/C(=C\CO)C[C@@]4(CC[C@@H](CC[C@@]5(O)CCC[C@H](O)C5)C4)[C@@H]4O[C@]4(C)CC[C@H]32)C1. The van der Waals surface area contributed by atoms with E-state index in [1.54, 1.807) is 6.92 Å². The lowest BCUT2D eigenvalue weighted by molar-refractivity contribution is -0.0740. The van der Waals surface area contributed by atoms with E-state index in [9.17, 15) is 25.5 Å². The zero-order valence-corrected chi connectivity index (χ0v) is 25.9. The van der Waals surface area contributed by atoms with E-state index >= 15 is 0 Å². The predicted molar refractivity (Wildman–Crippen MR) is 159 cm³/mol. The molecule has 41 heavy (non-hydrogen) atoms. The normalized spacial score (nSPS) is 52.2. The molecule has 6 nitrogen and oxygen atoms in total. The van der Waals surface area contributed by atoms with Crippen molar-refractivity contribution in [1.82, 2.24) is 0 Å². The molecule has 0 aromatic carbocycles. The molecule has 6 aliphatic rings. The molecular weight excluding hydrogens is 516 g/mol. The van der Waals surface area contributed by atoms with Crippen molar-refractivity contribution in [1.29, 1.82) is 0 Å². The van der Waals surface area contributed by atoms with Gasteiger partial charge in [-0.3, -0.25) is 0 Å². The lowest BCUT2D eigenvalue weighted by Gasteiger charge is -2.59. The molecule has 5 N–H and O–H groups in total. The first-order chi connectivity index (χ1) is 19.4. The van der Waals surface area contributed by atoms with Crippen LogP contribution in [0.2, 0.25) is 0 Å². The van der Waals surface area contributed by atoms with E-state index in [2.05, 4.69) is 19.9 Å². The summed E-state index contributed by atoms with van der Waals surface area (Å²) in [5.41, 5.74) is 1.06. The van der Waals surface area contributed by atoms with Crippen molar-refractivity contribution in [2.75, 3.05) is 6.61 Å². The molecule has 1 saturated heterocycles. The molecule has 0 radical (unpaired) electrons. The number of allylic oxidation sites excluding steroid dienone is 1. The maximum Gasteiger partial charge on any atom is 0.0930 e. The van der Waals surface area contributed by atoms with Crippen LogP contribution < -0.4 is 0 Å². The van der Waals surface area contributed by atoms with Crippen LogP contribution in [0, 0.1) is 40.4 Å². The lowest BCUT2D eigenvalue weighted by atomic mass is 9.46. The lowest BCUT2D eigenvalue weighted by Crippen LogP contribution is -2.51. The number of hydrogen-bond acceptors (Lipinski definition) is 6. The van der Waals surface area contributed by atoms with Gasteiger partial charge in [0.15, 0.2) is 0 Å². The highest BCUT2D eigenvalue weighted by molar-refractivity contribution is 5.25. The monoisotopic (exact) mass is 574 g/mol. The Labute approximate surface area is 248 Å². The van der Waals surface area contributed by atoms with E-state index in [4.69, 9.17) is 4.74 Å². The third-order valence-electron chi connectivity index (χ3n) is 13.7. The summed E-state index contributed by atoms with van der Waals surface area (Å²) in [6.07, 6.45) is 16.8. The van der Waals surface area contributed by atoms with Crippen LogP contribution in [0.25, 0.3) is 0 Å². The minimum atomic E-state index is -0.702. The molecule has 234 valence electrons. The van der Waals surface area contributed by atoms with Gasteiger partial charge in [0, 0.05) is 11.8 Å². The van der Waals surface area contributed by atoms with Crippen molar-refractivity contribution in [2.45, 2.75) is 159 Å². The Bertz CT molecular complexity index is 982. The molecule has 1 aliphatic heterocycles. The zero-order chi connectivity index (χ0) is 29.2. The maximum atomic E-state index is 11.2. The number of aliphatic hydroxyl groups is 5. The molecule has 0 aromatic rings. The molecule has 0 bridgehead atoms. The quantitative estimate of drug-likeness (QED) is 0.209. The largest absolute Gasteiger partial charge is 0.393 e. The fourth-order valence-corrected chi connectivity index (χ4v) is 11.3. The van der Waals surface area contributed by atoms with Crippen LogP contribution in [-0.4, -0.2) is 67.8 Å². The van der Waals surface area contributed by atoms with Crippen molar-refractivity contribution in [2.24, 2.45) is 40.4 Å². The Hall–Kier alpha value is -0.500. The number of ether oxygens (including phenoxy) is 1. The molecule has 1 spiro atoms. The van der Waals surface area contributed by atoms with Crippen LogP contribution in [0.5, 0.6) is 0 Å². The van der Waals surface area contributed by atoms with Crippen LogP contribution >= 0.6 is 0 Å². The summed E-state index contributed by atoms with van der Waals surface area (Å²) in [5.74, 6) is 2.46. The predicted octanol–water partition coefficient (Wildman–Crippen LogP) is 5.28. The van der Waals surface area contributed by atoms with E-state index in [1.807, 2.05) is 0 Å². The highest BCUT2D eigenvalue weighted by Crippen LogP contribution is 2.69. The molecule has 0 amide bonds. The van der Waals surface area contributed by atoms with Crippen molar-refractivity contribution in [3.05, 3.63) is 11.6 Å². The van der Waals surface area contributed by atoms with Gasteiger partial charge >= 0.3 is 0 Å². The average Bonchev–Trinajstić information content (AvgIpc) is 3.23. The van der Waals surface area contributed by atoms with Crippen LogP contribution in [-0.2, 0) is 4.74 Å². The van der Waals surface area contributed by atoms with E-state index in [0.29, 0.717) is 30.1 Å². The Morgan fingerprint density at radius 3 is 2.54 bits per heavy atom. The molecule has 13 atom stereocenters. The molecular formula is C35H58O6. The van der Waals surface area contributed by atoms with Gasteiger partial charge in [-0.1, -0.05) is 18.6 Å². The van der Waals surface area contributed by atoms with Crippen LogP contribution in [0.15, 0.2) is 11.6 Å². The Morgan fingerprint density at radius 1 is 1.00 bits per heavy atom. The number of fused-ring (bicyclic) bond motifs is 3. The van der Waals surface area contributed by atoms with Gasteiger partial charge in [-0.25, -0.2) is 0 Å². The fourth-order valence-electron chi connectivity index (χ4n) is 11.3. The van der Waals surface area contributed by atoms with Gasteiger partial charge in [-0.15, -0.1) is 0 Å². The van der Waals surface area contributed by atoms with Crippen molar-refractivity contribution in [3.63, 3.8) is 0 Å². The molecule has 6 heteroatoms. The number of epoxide rings is 1. The molecule has 1 heterocycles. The standard InChI is InChI=1S/C35H58O6/c1-22(37)30(39)24-6-7-26(17-24)32(2)21-28-25(11-16-36)19-34(31-33(3,41-31)13-10-29(28)32)14-8-23(18-34)9-15-35(40)12-4-5-27(38)20-35/h11,22-24,26-31,36-40H,4-10,12-21H2,1-3H3/b25-11-/t22-,23-,24-,26+,27-,28+,29+,30-,31+,32+,33+,34-,35-/m0/s1. The van der Waals surface area contributed by atoms with Crippen LogP contribution in [0.4, 0.5) is 0 Å². The summed E-state index contributed by atoms with van der Waals surface area (Å²) >= 11 is 0. The number of rotatable bonds is 7. The van der Waals surface area contributed by atoms with Gasteiger partial charge in [-0.05, 0) is 145 Å². The Balaban J connectivity index is 1.16. The Morgan fingerprint density at radius 2 is 1.80 bits per heavy atom. The summed E-state index contributed by atoms with van der Waals surface area (Å²) in [5, 5.41) is 52.1. The molecule has 5 saturated carbocycles. The van der Waals surface area contributed by atoms with E-state index < -0.39 is 17.8 Å². The fraction of sp³-hybridized carbons (Fsp3) is 0.943. The molecule has 5 aliphatic carbocycles. The minimum absolute atomic E-state index is 0.0585.